The summed E-state index contributed by atoms with van der Waals surface area (Å²) in [5, 5.41) is 4.37. The Labute approximate surface area is 198 Å². The Morgan fingerprint density at radius 3 is 2.58 bits per heavy atom. The van der Waals surface area contributed by atoms with Crippen molar-refractivity contribution in [1.82, 2.24) is 4.90 Å². The predicted molar refractivity (Wildman–Crippen MR) is 118 cm³/mol. The van der Waals surface area contributed by atoms with Crippen LogP contribution >= 0.6 is 11.3 Å². The van der Waals surface area contributed by atoms with Crippen LogP contribution in [0.4, 0.5) is 22.1 Å². The molecule has 0 unspecified atom stereocenters. The quantitative estimate of drug-likeness (QED) is 0.291. The van der Waals surface area contributed by atoms with Crippen LogP contribution in [-0.4, -0.2) is 11.9 Å². The zero-order valence-electron chi connectivity index (χ0n) is 16.3. The zero-order valence-corrected chi connectivity index (χ0v) is 19.4. The molecule has 4 aromatic rings. The molecule has 2 aromatic carbocycles. The van der Waals surface area contributed by atoms with Crippen molar-refractivity contribution in [2.24, 2.45) is 0 Å². The van der Waals surface area contributed by atoms with Crippen molar-refractivity contribution in [2.45, 2.75) is 0 Å². The summed E-state index contributed by atoms with van der Waals surface area (Å²) >= 11 is 1.67. The molecule has 156 valence electrons. The summed E-state index contributed by atoms with van der Waals surface area (Å²) in [6.07, 6.45) is 5.68. The second-order valence-electron chi connectivity index (χ2n) is 6.93. The molecule has 0 amide bonds. The van der Waals surface area contributed by atoms with Gasteiger partial charge in [0.05, 0.1) is 21.7 Å². The molecule has 4 heterocycles. The minimum Gasteiger partial charge on any atom is -0.510 e. The molecule has 0 saturated carbocycles. The molecule has 31 heavy (non-hydrogen) atoms. The minimum atomic E-state index is 0. The number of nitrogens with one attached hydrogen (secondary N) is 1. The third kappa shape index (κ3) is 3.58. The van der Waals surface area contributed by atoms with E-state index in [1.807, 2.05) is 89.9 Å². The molecular weight excluding hydrogens is 591 g/mol. The molecule has 0 aliphatic carbocycles. The molecule has 6 rings (SSSR count). The first kappa shape index (κ1) is 20.0. The number of thiophene rings is 1. The smallest absolute Gasteiger partial charge is 0.510 e. The predicted octanol–water partition coefficient (Wildman–Crippen LogP) is 5.91. The Morgan fingerprint density at radius 1 is 1.03 bits per heavy atom. The number of nitrogens with zero attached hydrogens (tertiary/aromatic N) is 3. The van der Waals surface area contributed by atoms with Crippen LogP contribution < -0.4 is 19.9 Å². The van der Waals surface area contributed by atoms with Gasteiger partial charge in [0.15, 0.2) is 5.58 Å². The Morgan fingerprint density at radius 2 is 1.81 bits per heavy atom. The van der Waals surface area contributed by atoms with E-state index in [-0.39, 0.29) is 21.1 Å². The Balaban J connectivity index is 0.00000204. The van der Waals surface area contributed by atoms with Gasteiger partial charge in [-0.25, -0.2) is 0 Å². The van der Waals surface area contributed by atoms with E-state index in [0.717, 1.165) is 32.3 Å². The Kier molecular flexibility index (Phi) is 5.16. The molecule has 2 aromatic heterocycles. The van der Waals surface area contributed by atoms with Crippen molar-refractivity contribution >= 4 is 43.7 Å². The molecule has 2 aliphatic heterocycles. The maximum Gasteiger partial charge on any atom is 4.00 e. The first-order chi connectivity index (χ1) is 14.7. The van der Waals surface area contributed by atoms with Gasteiger partial charge in [-0.15, -0.1) is 59.1 Å². The van der Waals surface area contributed by atoms with E-state index < -0.39 is 0 Å². The first-order valence-electron chi connectivity index (χ1n) is 9.40. The van der Waals surface area contributed by atoms with Gasteiger partial charge in [-0.1, -0.05) is 0 Å². The van der Waals surface area contributed by atoms with E-state index in [9.17, 15) is 0 Å². The molecule has 0 spiro atoms. The second-order valence-corrected chi connectivity index (χ2v) is 7.98. The molecular formula is C23H16N4O2PtS. The Hall–Kier alpha value is -2.89. The van der Waals surface area contributed by atoms with Gasteiger partial charge in [-0.3, -0.25) is 0 Å². The van der Waals surface area contributed by atoms with Crippen LogP contribution in [0, 0.1) is 25.5 Å². The van der Waals surface area contributed by atoms with E-state index in [2.05, 4.69) is 17.4 Å². The topological polar surface area (TPSA) is 44.1 Å². The monoisotopic (exact) mass is 607 g/mol. The van der Waals surface area contributed by atoms with Gasteiger partial charge in [-0.05, 0) is 25.5 Å². The molecule has 0 bridgehead atoms. The standard InChI is InChI=1S/C23H16N4O2S.Pt/c1-25-9-10-26(15-25)16-4-2-6-18(12-16)29-19-7-3-5-17(13-19)27-14-24-23-21(27)22-20(30-23)8-11-28-22;/h2-11,14-15,24H,1H3;/q-4;+4. The van der Waals surface area contributed by atoms with Crippen LogP contribution in [0.5, 0.6) is 11.5 Å². The molecule has 0 radical (unpaired) electrons. The molecule has 2 aliphatic rings. The summed E-state index contributed by atoms with van der Waals surface area (Å²) in [6, 6.07) is 20.3. The van der Waals surface area contributed by atoms with E-state index in [1.54, 1.807) is 17.6 Å². The number of fused-ring (bicyclic) bond motifs is 3. The van der Waals surface area contributed by atoms with Gasteiger partial charge < -0.3 is 29.2 Å². The number of hydrogen-bond donors (Lipinski definition) is 1. The number of anilines is 4. The van der Waals surface area contributed by atoms with Crippen LogP contribution in [-0.2, 0) is 21.1 Å². The first-order valence-corrected chi connectivity index (χ1v) is 10.2. The van der Waals surface area contributed by atoms with E-state index >= 15 is 0 Å². The largest absolute Gasteiger partial charge is 4.00 e. The fourth-order valence-electron chi connectivity index (χ4n) is 3.50. The van der Waals surface area contributed by atoms with Crippen molar-refractivity contribution in [2.75, 3.05) is 22.2 Å². The summed E-state index contributed by atoms with van der Waals surface area (Å²) < 4.78 is 12.9. The van der Waals surface area contributed by atoms with Gasteiger partial charge in [0.25, 0.3) is 0 Å². The number of ether oxygens (including phenoxy) is 1. The van der Waals surface area contributed by atoms with E-state index in [1.165, 1.54) is 0 Å². The fraction of sp³-hybridized carbons (Fsp3) is 0.0435. The molecule has 6 nitrogen and oxygen atoms in total. The molecule has 0 saturated heterocycles. The summed E-state index contributed by atoms with van der Waals surface area (Å²) in [5.74, 6) is 1.25. The van der Waals surface area contributed by atoms with Crippen molar-refractivity contribution in [1.29, 1.82) is 0 Å². The third-order valence-corrected chi connectivity index (χ3v) is 5.93. The van der Waals surface area contributed by atoms with Gasteiger partial charge in [-0.2, -0.15) is 25.5 Å². The SMILES string of the molecule is CN1C=CN(c2[c-]c(Oc3[c-]c(N4[CH-]Nc5sc6ccoc6c54)ccc3)ccc2)[CH-]1.[Pt+4]. The maximum absolute atomic E-state index is 6.08. The average Bonchev–Trinajstić information content (AvgIpc) is 3.51. The van der Waals surface area contributed by atoms with Crippen molar-refractivity contribution in [3.05, 3.63) is 86.6 Å². The van der Waals surface area contributed by atoms with Crippen molar-refractivity contribution < 1.29 is 30.2 Å². The van der Waals surface area contributed by atoms with E-state index in [4.69, 9.17) is 9.15 Å². The molecule has 8 heteroatoms. The normalized spacial score (nSPS) is 14.7. The van der Waals surface area contributed by atoms with Gasteiger partial charge in [0, 0.05) is 11.5 Å². The van der Waals surface area contributed by atoms with E-state index in [0.29, 0.717) is 11.5 Å². The molecule has 0 fully saturated rings. The van der Waals surface area contributed by atoms with Crippen LogP contribution in [0.25, 0.3) is 10.3 Å². The summed E-state index contributed by atoms with van der Waals surface area (Å²) in [6.45, 7) is 3.89. The van der Waals surface area contributed by atoms with Gasteiger partial charge >= 0.3 is 21.1 Å². The van der Waals surface area contributed by atoms with Crippen LogP contribution in [0.3, 0.4) is 0 Å². The number of benzene rings is 2. The maximum atomic E-state index is 6.08. The molecule has 0 atom stereocenters. The van der Waals surface area contributed by atoms with Crippen LogP contribution in [0.15, 0.2) is 65.5 Å². The number of hydrogen-bond acceptors (Lipinski definition) is 7. The average molecular weight is 608 g/mol. The van der Waals surface area contributed by atoms with Crippen LogP contribution in [0.1, 0.15) is 0 Å². The number of furan rings is 1. The summed E-state index contributed by atoms with van der Waals surface area (Å²) in [5.41, 5.74) is 3.65. The zero-order chi connectivity index (χ0) is 20.1. The third-order valence-electron chi connectivity index (χ3n) is 4.87. The van der Waals surface area contributed by atoms with Gasteiger partial charge in [0.1, 0.15) is 0 Å². The van der Waals surface area contributed by atoms with Gasteiger partial charge in [0.2, 0.25) is 0 Å². The second kappa shape index (κ2) is 7.98. The number of rotatable bonds is 4. The minimum absolute atomic E-state index is 0. The van der Waals surface area contributed by atoms with Crippen LogP contribution in [0.2, 0.25) is 0 Å². The summed E-state index contributed by atoms with van der Waals surface area (Å²) in [7, 11) is 1.98. The van der Waals surface area contributed by atoms with Crippen molar-refractivity contribution in [3.8, 4) is 11.5 Å². The van der Waals surface area contributed by atoms with Crippen molar-refractivity contribution in [3.63, 3.8) is 0 Å². The Bertz CT molecular complexity index is 1270. The molecule has 1 N–H and O–H groups in total. The fourth-order valence-corrected chi connectivity index (χ4v) is 4.48. The summed E-state index contributed by atoms with van der Waals surface area (Å²) in [4.78, 5) is 6.00.